The fourth-order valence-electron chi connectivity index (χ4n) is 3.62. The zero-order chi connectivity index (χ0) is 18.2. The molecule has 0 aromatic heterocycles. The first-order valence-corrected chi connectivity index (χ1v) is 10.9. The highest BCUT2D eigenvalue weighted by Gasteiger charge is 2.24. The van der Waals surface area contributed by atoms with Gasteiger partial charge in [-0.25, -0.2) is 0 Å². The third-order valence-corrected chi connectivity index (χ3v) is 6.21. The second-order valence-electron chi connectivity index (χ2n) is 7.28. The van der Waals surface area contributed by atoms with E-state index in [4.69, 9.17) is 10.5 Å². The Kier molecular flexibility index (Phi) is 7.65. The molecule has 0 aliphatic carbocycles. The fraction of sp³-hybridized carbons (Fsp3) is 0.650. The number of carbonyl (C=O) groups is 1. The molecule has 0 saturated carbocycles. The van der Waals surface area contributed by atoms with Gasteiger partial charge in [-0.2, -0.15) is 0 Å². The summed E-state index contributed by atoms with van der Waals surface area (Å²) < 4.78 is 5.86. The maximum Gasteiger partial charge on any atom is 0.240 e. The summed E-state index contributed by atoms with van der Waals surface area (Å²) in [5.41, 5.74) is 7.18. The Morgan fingerprint density at radius 1 is 1.31 bits per heavy atom. The van der Waals surface area contributed by atoms with E-state index in [1.807, 2.05) is 29.2 Å². The normalized spacial score (nSPS) is 19.5. The van der Waals surface area contributed by atoms with Crippen molar-refractivity contribution in [1.82, 2.24) is 10.2 Å². The van der Waals surface area contributed by atoms with Crippen molar-refractivity contribution >= 4 is 17.7 Å². The van der Waals surface area contributed by atoms with E-state index in [9.17, 15) is 4.79 Å². The van der Waals surface area contributed by atoms with Gasteiger partial charge in [0.1, 0.15) is 5.75 Å². The lowest BCUT2D eigenvalue weighted by Crippen LogP contribution is -2.43. The summed E-state index contributed by atoms with van der Waals surface area (Å²) in [4.78, 5) is 14.1. The number of hydrogen-bond donors (Lipinski definition) is 2. The lowest BCUT2D eigenvalue weighted by atomic mass is 9.93. The van der Waals surface area contributed by atoms with Crippen molar-refractivity contribution in [2.24, 2.45) is 11.7 Å². The van der Waals surface area contributed by atoms with Crippen LogP contribution >= 0.6 is 11.8 Å². The molecule has 0 radical (unpaired) electrons. The Morgan fingerprint density at radius 3 is 2.77 bits per heavy atom. The van der Waals surface area contributed by atoms with Gasteiger partial charge in [-0.05, 0) is 68.8 Å². The monoisotopic (exact) mass is 377 g/mol. The minimum Gasteiger partial charge on any atom is -0.494 e. The van der Waals surface area contributed by atoms with E-state index in [2.05, 4.69) is 5.32 Å². The van der Waals surface area contributed by atoms with E-state index < -0.39 is 6.04 Å². The van der Waals surface area contributed by atoms with Crippen molar-refractivity contribution in [2.45, 2.75) is 38.1 Å². The molecule has 6 heteroatoms. The minimum absolute atomic E-state index is 0.0632. The average Bonchev–Trinajstić information content (AvgIpc) is 3.21. The maximum absolute atomic E-state index is 12.3. The number of nitrogens with zero attached hydrogens (tertiary/aromatic N) is 1. The van der Waals surface area contributed by atoms with Gasteiger partial charge in [0.05, 0.1) is 18.5 Å². The van der Waals surface area contributed by atoms with Gasteiger partial charge >= 0.3 is 0 Å². The molecule has 144 valence electrons. The molecule has 1 atom stereocenters. The molecule has 2 aliphatic rings. The lowest BCUT2D eigenvalue weighted by Gasteiger charge is -2.22. The van der Waals surface area contributed by atoms with Crippen LogP contribution in [-0.2, 0) is 11.2 Å². The predicted octanol–water partition coefficient (Wildman–Crippen LogP) is 2.25. The average molecular weight is 378 g/mol. The fourth-order valence-corrected chi connectivity index (χ4v) is 4.57. The van der Waals surface area contributed by atoms with Gasteiger partial charge in [0.25, 0.3) is 0 Å². The number of nitrogens with two attached hydrogens (primary N) is 1. The van der Waals surface area contributed by atoms with Crippen LogP contribution in [0.3, 0.4) is 0 Å². The van der Waals surface area contributed by atoms with Crippen LogP contribution in [-0.4, -0.2) is 54.7 Å². The van der Waals surface area contributed by atoms with Crippen molar-refractivity contribution in [1.29, 1.82) is 0 Å². The van der Waals surface area contributed by atoms with Crippen molar-refractivity contribution in [3.05, 3.63) is 29.8 Å². The quantitative estimate of drug-likeness (QED) is 0.680. The van der Waals surface area contributed by atoms with Crippen LogP contribution in [0.4, 0.5) is 0 Å². The van der Waals surface area contributed by atoms with E-state index in [1.165, 1.54) is 19.3 Å². The first-order chi connectivity index (χ1) is 12.7. The van der Waals surface area contributed by atoms with Gasteiger partial charge < -0.3 is 20.7 Å². The predicted molar refractivity (Wildman–Crippen MR) is 107 cm³/mol. The Morgan fingerprint density at radius 2 is 2.08 bits per heavy atom. The summed E-state index contributed by atoms with van der Waals surface area (Å²) in [5, 5.41) is 3.41. The van der Waals surface area contributed by atoms with Crippen LogP contribution in [0.25, 0.3) is 0 Å². The summed E-state index contributed by atoms with van der Waals surface area (Å²) in [6.45, 7) is 3.91. The maximum atomic E-state index is 12.3. The largest absolute Gasteiger partial charge is 0.494 e. The molecule has 1 aromatic carbocycles. The van der Waals surface area contributed by atoms with Crippen LogP contribution in [0.2, 0.25) is 0 Å². The van der Waals surface area contributed by atoms with Crippen LogP contribution in [0.5, 0.6) is 5.75 Å². The van der Waals surface area contributed by atoms with E-state index in [0.29, 0.717) is 6.42 Å². The highest BCUT2D eigenvalue weighted by Crippen LogP contribution is 2.19. The van der Waals surface area contributed by atoms with Gasteiger partial charge in [0, 0.05) is 12.3 Å². The molecule has 0 bridgehead atoms. The van der Waals surface area contributed by atoms with Crippen molar-refractivity contribution in [2.75, 3.05) is 37.9 Å². The van der Waals surface area contributed by atoms with Crippen molar-refractivity contribution in [3.8, 4) is 5.75 Å². The number of ether oxygens (including phenoxy) is 1. The molecule has 1 amide bonds. The number of piperidine rings is 1. The number of hydrogen-bond acceptors (Lipinski definition) is 5. The third-order valence-electron chi connectivity index (χ3n) is 5.24. The molecule has 0 spiro atoms. The van der Waals surface area contributed by atoms with Crippen LogP contribution in [0, 0.1) is 5.92 Å². The first-order valence-electron chi connectivity index (χ1n) is 9.77. The number of carbonyl (C=O) groups excluding carboxylic acids is 1. The second kappa shape index (κ2) is 10.2. The Balaban J connectivity index is 1.36. The molecule has 26 heavy (non-hydrogen) atoms. The van der Waals surface area contributed by atoms with E-state index in [-0.39, 0.29) is 5.91 Å². The number of nitrogens with one attached hydrogen (secondary N) is 1. The van der Waals surface area contributed by atoms with Gasteiger partial charge in [-0.3, -0.25) is 4.79 Å². The Hall–Kier alpha value is -1.24. The molecule has 0 unspecified atom stereocenters. The lowest BCUT2D eigenvalue weighted by molar-refractivity contribution is -0.131. The third kappa shape index (κ3) is 5.89. The molecule has 2 aliphatic heterocycles. The molecular formula is C20H31N3O2S. The smallest absolute Gasteiger partial charge is 0.240 e. The van der Waals surface area contributed by atoms with Crippen LogP contribution < -0.4 is 15.8 Å². The summed E-state index contributed by atoms with van der Waals surface area (Å²) in [6.07, 6.45) is 5.54. The summed E-state index contributed by atoms with van der Waals surface area (Å²) in [5.74, 6) is 3.61. The van der Waals surface area contributed by atoms with E-state index >= 15 is 0 Å². The summed E-state index contributed by atoms with van der Waals surface area (Å²) >= 11 is 1.78. The molecule has 1 aromatic rings. The van der Waals surface area contributed by atoms with Gasteiger partial charge in [0.2, 0.25) is 5.91 Å². The second-order valence-corrected chi connectivity index (χ2v) is 8.35. The number of amides is 1. The van der Waals surface area contributed by atoms with Crippen LogP contribution in [0.15, 0.2) is 24.3 Å². The topological polar surface area (TPSA) is 67.6 Å². The summed E-state index contributed by atoms with van der Waals surface area (Å²) in [6, 6.07) is 7.57. The van der Waals surface area contributed by atoms with Crippen LogP contribution in [0.1, 0.15) is 31.2 Å². The Bertz CT molecular complexity index is 555. The standard InChI is InChI=1S/C20H31N3O2S/c21-19(20(24)23-11-13-26-15-23)14-17-3-5-18(6-4-17)25-12-1-2-16-7-9-22-10-8-16/h3-6,16,19,22H,1-2,7-15,21H2/t19-/m0/s1. The highest BCUT2D eigenvalue weighted by atomic mass is 32.2. The van der Waals surface area contributed by atoms with Crippen molar-refractivity contribution in [3.63, 3.8) is 0 Å². The van der Waals surface area contributed by atoms with Gasteiger partial charge in [-0.15, -0.1) is 11.8 Å². The molecule has 2 heterocycles. The molecule has 3 rings (SSSR count). The van der Waals surface area contributed by atoms with E-state index in [1.54, 1.807) is 11.8 Å². The number of benzene rings is 1. The van der Waals surface area contributed by atoms with Gasteiger partial charge in [-0.1, -0.05) is 12.1 Å². The SMILES string of the molecule is N[C@@H](Cc1ccc(OCCCC2CCNCC2)cc1)C(=O)N1CCSC1. The molecule has 3 N–H and O–H groups in total. The van der Waals surface area contributed by atoms with Gasteiger partial charge in [0.15, 0.2) is 0 Å². The highest BCUT2D eigenvalue weighted by molar-refractivity contribution is 7.99. The number of thioether (sulfide) groups is 1. The molecule has 2 fully saturated rings. The zero-order valence-corrected chi connectivity index (χ0v) is 16.3. The Labute approximate surface area is 161 Å². The molecule has 2 saturated heterocycles. The zero-order valence-electron chi connectivity index (χ0n) is 15.5. The first kappa shape index (κ1) is 19.5. The molecular weight excluding hydrogens is 346 g/mol. The van der Waals surface area contributed by atoms with E-state index in [0.717, 1.165) is 61.5 Å². The summed E-state index contributed by atoms with van der Waals surface area (Å²) in [7, 11) is 0. The minimum atomic E-state index is -0.453. The van der Waals surface area contributed by atoms with Crippen molar-refractivity contribution < 1.29 is 9.53 Å². The molecule has 5 nitrogen and oxygen atoms in total. The number of rotatable bonds is 8.